The molecule has 0 aliphatic heterocycles. The second kappa shape index (κ2) is 7.56. The fourth-order valence-corrected chi connectivity index (χ4v) is 3.48. The molecule has 1 aromatic heterocycles. The van der Waals surface area contributed by atoms with Gasteiger partial charge in [0.05, 0.1) is 12.3 Å². The lowest BCUT2D eigenvalue weighted by atomic mass is 10.2. The summed E-state index contributed by atoms with van der Waals surface area (Å²) < 4.78 is 5.30. The molecule has 1 saturated carbocycles. The standard InChI is InChI=1S/C16H29N3OS/c1-11(2)7-17-8-15-14(10-20-5)18-16(21-15)19(4)9-13-6-12(13)3/h11-13,17H,6-10H2,1-5H3. The molecule has 0 saturated heterocycles. The molecule has 0 spiro atoms. The quantitative estimate of drug-likeness (QED) is 0.760. The summed E-state index contributed by atoms with van der Waals surface area (Å²) in [7, 11) is 3.89. The maximum Gasteiger partial charge on any atom is 0.185 e. The van der Waals surface area contributed by atoms with Crippen LogP contribution in [0.3, 0.4) is 0 Å². The number of nitrogens with one attached hydrogen (secondary N) is 1. The second-order valence-corrected chi connectivity index (χ2v) is 7.74. The van der Waals surface area contributed by atoms with Gasteiger partial charge in [-0.15, -0.1) is 11.3 Å². The Kier molecular flexibility index (Phi) is 6.02. The Balaban J connectivity index is 1.97. The number of rotatable bonds is 9. The van der Waals surface area contributed by atoms with E-state index in [9.17, 15) is 0 Å². The maximum absolute atomic E-state index is 5.30. The molecule has 1 aliphatic rings. The van der Waals surface area contributed by atoms with Crippen molar-refractivity contribution in [3.63, 3.8) is 0 Å². The molecule has 2 atom stereocenters. The highest BCUT2D eigenvalue weighted by Crippen LogP contribution is 2.39. The Bertz CT molecular complexity index is 447. The van der Waals surface area contributed by atoms with Crippen LogP contribution < -0.4 is 10.2 Å². The summed E-state index contributed by atoms with van der Waals surface area (Å²) in [5.74, 6) is 2.41. The Morgan fingerprint density at radius 1 is 1.48 bits per heavy atom. The van der Waals surface area contributed by atoms with Crippen molar-refractivity contribution in [3.05, 3.63) is 10.6 Å². The third-order valence-corrected chi connectivity index (χ3v) is 5.21. The van der Waals surface area contributed by atoms with Crippen molar-refractivity contribution in [1.29, 1.82) is 0 Å². The fraction of sp³-hybridized carbons (Fsp3) is 0.812. The number of thiazole rings is 1. The first-order chi connectivity index (χ1) is 10.0. The third-order valence-electron chi connectivity index (χ3n) is 4.00. The van der Waals surface area contributed by atoms with E-state index in [1.807, 2.05) is 0 Å². The van der Waals surface area contributed by atoms with Gasteiger partial charge in [0.2, 0.25) is 0 Å². The first-order valence-electron chi connectivity index (χ1n) is 7.90. The molecule has 1 heterocycles. The zero-order chi connectivity index (χ0) is 15.4. The maximum atomic E-state index is 5.30. The number of nitrogens with zero attached hydrogens (tertiary/aromatic N) is 2. The molecule has 120 valence electrons. The van der Waals surface area contributed by atoms with Crippen molar-refractivity contribution in [2.45, 2.75) is 40.3 Å². The van der Waals surface area contributed by atoms with E-state index in [-0.39, 0.29) is 0 Å². The molecule has 0 aromatic carbocycles. The molecular formula is C16H29N3OS. The number of methoxy groups -OCH3 is 1. The van der Waals surface area contributed by atoms with Gasteiger partial charge >= 0.3 is 0 Å². The van der Waals surface area contributed by atoms with Crippen LogP contribution in [0, 0.1) is 17.8 Å². The average Bonchev–Trinajstić information content (AvgIpc) is 2.95. The molecule has 1 fully saturated rings. The summed E-state index contributed by atoms with van der Waals surface area (Å²) in [4.78, 5) is 8.40. The lowest BCUT2D eigenvalue weighted by Crippen LogP contribution is -2.20. The SMILES string of the molecule is COCc1nc(N(C)CC2CC2C)sc1CNCC(C)C. The largest absolute Gasteiger partial charge is 0.378 e. The number of anilines is 1. The van der Waals surface area contributed by atoms with E-state index in [0.29, 0.717) is 12.5 Å². The minimum Gasteiger partial charge on any atom is -0.378 e. The molecule has 4 nitrogen and oxygen atoms in total. The third kappa shape index (κ3) is 4.94. The lowest BCUT2D eigenvalue weighted by Gasteiger charge is -2.15. The Hall–Kier alpha value is -0.650. The van der Waals surface area contributed by atoms with Gasteiger partial charge in [0.1, 0.15) is 0 Å². The summed E-state index contributed by atoms with van der Waals surface area (Å²) in [5, 5.41) is 4.64. The van der Waals surface area contributed by atoms with Crippen molar-refractivity contribution >= 4 is 16.5 Å². The van der Waals surface area contributed by atoms with E-state index in [1.54, 1.807) is 18.4 Å². The zero-order valence-corrected chi connectivity index (χ0v) is 14.8. The molecule has 0 radical (unpaired) electrons. The normalized spacial score (nSPS) is 21.0. The van der Waals surface area contributed by atoms with Crippen LogP contribution in [-0.4, -0.2) is 32.2 Å². The monoisotopic (exact) mass is 311 g/mol. The second-order valence-electron chi connectivity index (χ2n) is 6.68. The average molecular weight is 311 g/mol. The molecule has 2 unspecified atom stereocenters. The van der Waals surface area contributed by atoms with Gasteiger partial charge in [0.15, 0.2) is 5.13 Å². The summed E-state index contributed by atoms with van der Waals surface area (Å²) in [6.45, 7) is 10.4. The predicted octanol–water partition coefficient (Wildman–Crippen LogP) is 3.13. The summed E-state index contributed by atoms with van der Waals surface area (Å²) >= 11 is 1.80. The molecular weight excluding hydrogens is 282 g/mol. The minimum atomic E-state index is 0.600. The van der Waals surface area contributed by atoms with E-state index >= 15 is 0 Å². The van der Waals surface area contributed by atoms with E-state index < -0.39 is 0 Å². The number of hydrogen-bond donors (Lipinski definition) is 1. The Morgan fingerprint density at radius 2 is 2.19 bits per heavy atom. The van der Waals surface area contributed by atoms with E-state index in [4.69, 9.17) is 9.72 Å². The molecule has 1 aromatic rings. The van der Waals surface area contributed by atoms with Crippen LogP contribution in [0.25, 0.3) is 0 Å². The summed E-state index contributed by atoms with van der Waals surface area (Å²) in [6.07, 6.45) is 1.36. The van der Waals surface area contributed by atoms with E-state index in [0.717, 1.165) is 42.3 Å². The van der Waals surface area contributed by atoms with Crippen molar-refractivity contribution in [2.24, 2.45) is 17.8 Å². The molecule has 21 heavy (non-hydrogen) atoms. The van der Waals surface area contributed by atoms with Gasteiger partial charge in [-0.3, -0.25) is 0 Å². The van der Waals surface area contributed by atoms with Crippen molar-refractivity contribution in [3.8, 4) is 0 Å². The van der Waals surface area contributed by atoms with Crippen LogP contribution in [0.1, 0.15) is 37.8 Å². The predicted molar refractivity (Wildman–Crippen MR) is 89.9 cm³/mol. The highest BCUT2D eigenvalue weighted by Gasteiger charge is 2.33. The topological polar surface area (TPSA) is 37.4 Å². The van der Waals surface area contributed by atoms with Gasteiger partial charge < -0.3 is 15.0 Å². The summed E-state index contributed by atoms with van der Waals surface area (Å²) in [6, 6.07) is 0. The Morgan fingerprint density at radius 3 is 2.76 bits per heavy atom. The lowest BCUT2D eigenvalue weighted by molar-refractivity contribution is 0.181. The van der Waals surface area contributed by atoms with Crippen molar-refractivity contribution in [2.75, 3.05) is 32.1 Å². The molecule has 2 rings (SSSR count). The number of aromatic nitrogens is 1. The van der Waals surface area contributed by atoms with Crippen LogP contribution >= 0.6 is 11.3 Å². The fourth-order valence-electron chi connectivity index (χ4n) is 2.48. The molecule has 0 bridgehead atoms. The Labute approximate surface area is 132 Å². The van der Waals surface area contributed by atoms with Gasteiger partial charge in [-0.2, -0.15) is 0 Å². The first-order valence-corrected chi connectivity index (χ1v) is 8.72. The van der Waals surface area contributed by atoms with Crippen molar-refractivity contribution < 1.29 is 4.74 Å². The van der Waals surface area contributed by atoms with Gasteiger partial charge in [0.25, 0.3) is 0 Å². The molecule has 1 aliphatic carbocycles. The number of ether oxygens (including phenoxy) is 1. The van der Waals surface area contributed by atoms with Gasteiger partial charge in [0, 0.05) is 32.1 Å². The minimum absolute atomic E-state index is 0.600. The van der Waals surface area contributed by atoms with Crippen molar-refractivity contribution in [1.82, 2.24) is 10.3 Å². The molecule has 0 amide bonds. The molecule has 1 N–H and O–H groups in total. The zero-order valence-electron chi connectivity index (χ0n) is 14.0. The summed E-state index contributed by atoms with van der Waals surface area (Å²) in [5.41, 5.74) is 1.09. The molecule has 5 heteroatoms. The highest BCUT2D eigenvalue weighted by molar-refractivity contribution is 7.15. The van der Waals surface area contributed by atoms with Gasteiger partial charge in [-0.05, 0) is 30.7 Å². The van der Waals surface area contributed by atoms with Crippen LogP contribution in [0.2, 0.25) is 0 Å². The first kappa shape index (κ1) is 16.7. The van der Waals surface area contributed by atoms with E-state index in [2.05, 4.69) is 38.0 Å². The van der Waals surface area contributed by atoms with Gasteiger partial charge in [-0.1, -0.05) is 20.8 Å². The van der Waals surface area contributed by atoms with Crippen LogP contribution in [0.15, 0.2) is 0 Å². The van der Waals surface area contributed by atoms with Crippen LogP contribution in [0.5, 0.6) is 0 Å². The number of hydrogen-bond acceptors (Lipinski definition) is 5. The van der Waals surface area contributed by atoms with E-state index in [1.165, 1.54) is 11.3 Å². The van der Waals surface area contributed by atoms with Crippen LogP contribution in [0.4, 0.5) is 5.13 Å². The van der Waals surface area contributed by atoms with Crippen LogP contribution in [-0.2, 0) is 17.9 Å². The highest BCUT2D eigenvalue weighted by atomic mass is 32.1. The smallest absolute Gasteiger partial charge is 0.185 e. The van der Waals surface area contributed by atoms with Gasteiger partial charge in [-0.25, -0.2) is 4.98 Å².